The number of piperidine rings is 1. The lowest BCUT2D eigenvalue weighted by Crippen LogP contribution is -2.41. The third kappa shape index (κ3) is 3.77. The molecule has 0 bridgehead atoms. The van der Waals surface area contributed by atoms with Crippen molar-refractivity contribution in [2.24, 2.45) is 5.92 Å². The van der Waals surface area contributed by atoms with Crippen LogP contribution < -0.4 is 0 Å². The molecule has 1 aromatic carbocycles. The molecule has 0 saturated carbocycles. The number of benzene rings is 1. The van der Waals surface area contributed by atoms with Gasteiger partial charge in [-0.05, 0) is 43.9 Å². The molecule has 1 saturated heterocycles. The van der Waals surface area contributed by atoms with Crippen LogP contribution in [0.5, 0.6) is 0 Å². The molecule has 7 nitrogen and oxygen atoms in total. The summed E-state index contributed by atoms with van der Waals surface area (Å²) >= 11 is 0. The summed E-state index contributed by atoms with van der Waals surface area (Å²) in [6.45, 7) is 4.31. The molecule has 0 radical (unpaired) electrons. The van der Waals surface area contributed by atoms with Gasteiger partial charge in [0.25, 0.3) is 5.91 Å². The average Bonchev–Trinajstić information content (AvgIpc) is 3.38. The van der Waals surface area contributed by atoms with E-state index in [1.54, 1.807) is 11.0 Å². The predicted molar refractivity (Wildman–Crippen MR) is 102 cm³/mol. The van der Waals surface area contributed by atoms with Gasteiger partial charge in [0, 0.05) is 37.9 Å². The van der Waals surface area contributed by atoms with E-state index in [1.165, 1.54) is 0 Å². The van der Waals surface area contributed by atoms with Gasteiger partial charge in [-0.1, -0.05) is 18.2 Å². The summed E-state index contributed by atoms with van der Waals surface area (Å²) in [6, 6.07) is 11.9. The SMILES string of the molecule is CCn1ccc(C(=O)N2CCCC(Cc3nncn3-c3ccccc3)C2)n1. The molecule has 0 aliphatic carbocycles. The molecule has 3 heterocycles. The van der Waals surface area contributed by atoms with E-state index in [-0.39, 0.29) is 5.91 Å². The summed E-state index contributed by atoms with van der Waals surface area (Å²) in [5, 5.41) is 12.8. The Labute approximate surface area is 158 Å². The number of rotatable bonds is 5. The monoisotopic (exact) mass is 364 g/mol. The Kier molecular flexibility index (Phi) is 5.00. The lowest BCUT2D eigenvalue weighted by atomic mass is 9.94. The van der Waals surface area contributed by atoms with Crippen LogP contribution in [0.1, 0.15) is 36.1 Å². The fourth-order valence-corrected chi connectivity index (χ4v) is 3.69. The molecule has 2 aromatic heterocycles. The highest BCUT2D eigenvalue weighted by atomic mass is 16.2. The third-order valence-corrected chi connectivity index (χ3v) is 5.11. The summed E-state index contributed by atoms with van der Waals surface area (Å²) in [6.07, 6.45) is 6.52. The van der Waals surface area contributed by atoms with Gasteiger partial charge in [-0.25, -0.2) is 0 Å². The van der Waals surface area contributed by atoms with E-state index < -0.39 is 0 Å². The van der Waals surface area contributed by atoms with Gasteiger partial charge in [0.15, 0.2) is 0 Å². The molecule has 0 N–H and O–H groups in total. The number of aryl methyl sites for hydroxylation is 1. The molecule has 4 rings (SSSR count). The van der Waals surface area contributed by atoms with Gasteiger partial charge in [-0.3, -0.25) is 14.0 Å². The number of hydrogen-bond acceptors (Lipinski definition) is 4. The van der Waals surface area contributed by atoms with Crippen molar-refractivity contribution in [2.75, 3.05) is 13.1 Å². The van der Waals surface area contributed by atoms with Gasteiger partial charge >= 0.3 is 0 Å². The van der Waals surface area contributed by atoms with Gasteiger partial charge < -0.3 is 4.90 Å². The van der Waals surface area contributed by atoms with Gasteiger partial charge in [-0.15, -0.1) is 10.2 Å². The normalized spacial score (nSPS) is 17.2. The first-order chi connectivity index (χ1) is 13.2. The molecule has 1 fully saturated rings. The number of carbonyl (C=O) groups excluding carboxylic acids is 1. The molecule has 3 aromatic rings. The number of nitrogens with zero attached hydrogens (tertiary/aromatic N) is 6. The maximum atomic E-state index is 12.8. The lowest BCUT2D eigenvalue weighted by Gasteiger charge is -2.32. The third-order valence-electron chi connectivity index (χ3n) is 5.11. The fraction of sp³-hybridized carbons (Fsp3) is 0.400. The summed E-state index contributed by atoms with van der Waals surface area (Å²) in [7, 11) is 0. The molecule has 1 amide bonds. The Balaban J connectivity index is 1.45. The molecule has 140 valence electrons. The minimum atomic E-state index is 0.0245. The van der Waals surface area contributed by atoms with Crippen LogP contribution in [0.15, 0.2) is 48.9 Å². The zero-order valence-electron chi connectivity index (χ0n) is 15.5. The molecule has 7 heteroatoms. The Morgan fingerprint density at radius 2 is 2.07 bits per heavy atom. The maximum Gasteiger partial charge on any atom is 0.274 e. The molecule has 1 aliphatic rings. The Hall–Kier alpha value is -2.96. The van der Waals surface area contributed by atoms with Gasteiger partial charge in [0.1, 0.15) is 17.8 Å². The highest BCUT2D eigenvalue weighted by Crippen LogP contribution is 2.22. The van der Waals surface area contributed by atoms with Crippen molar-refractivity contribution in [3.63, 3.8) is 0 Å². The van der Waals surface area contributed by atoms with Crippen LogP contribution in [0.4, 0.5) is 0 Å². The van der Waals surface area contributed by atoms with Crippen molar-refractivity contribution in [2.45, 2.75) is 32.7 Å². The van der Waals surface area contributed by atoms with Crippen molar-refractivity contribution in [1.82, 2.24) is 29.4 Å². The number of likely N-dealkylation sites (tertiary alicyclic amines) is 1. The van der Waals surface area contributed by atoms with E-state index in [9.17, 15) is 4.79 Å². The number of para-hydroxylation sites is 1. The van der Waals surface area contributed by atoms with E-state index in [0.717, 1.165) is 50.4 Å². The number of hydrogen-bond donors (Lipinski definition) is 0. The Bertz CT molecular complexity index is 900. The van der Waals surface area contributed by atoms with E-state index in [2.05, 4.69) is 15.3 Å². The number of amides is 1. The van der Waals surface area contributed by atoms with Crippen LogP contribution in [-0.2, 0) is 13.0 Å². The van der Waals surface area contributed by atoms with Crippen molar-refractivity contribution >= 4 is 5.91 Å². The summed E-state index contributed by atoms with van der Waals surface area (Å²) < 4.78 is 3.82. The summed E-state index contributed by atoms with van der Waals surface area (Å²) in [5.41, 5.74) is 1.59. The van der Waals surface area contributed by atoms with E-state index in [4.69, 9.17) is 0 Å². The van der Waals surface area contributed by atoms with Crippen molar-refractivity contribution in [3.05, 3.63) is 60.4 Å². The maximum absolute atomic E-state index is 12.8. The topological polar surface area (TPSA) is 68.8 Å². The Morgan fingerprint density at radius 1 is 1.22 bits per heavy atom. The first-order valence-corrected chi connectivity index (χ1v) is 9.51. The summed E-state index contributed by atoms with van der Waals surface area (Å²) in [4.78, 5) is 14.7. The largest absolute Gasteiger partial charge is 0.337 e. The Morgan fingerprint density at radius 3 is 2.85 bits per heavy atom. The van der Waals surface area contributed by atoms with Gasteiger partial charge in [0.05, 0.1) is 0 Å². The first-order valence-electron chi connectivity index (χ1n) is 9.51. The minimum Gasteiger partial charge on any atom is -0.337 e. The minimum absolute atomic E-state index is 0.0245. The van der Waals surface area contributed by atoms with Crippen molar-refractivity contribution < 1.29 is 4.79 Å². The average molecular weight is 364 g/mol. The summed E-state index contributed by atoms with van der Waals surface area (Å²) in [5.74, 6) is 1.34. The van der Waals surface area contributed by atoms with Crippen LogP contribution in [0.3, 0.4) is 0 Å². The lowest BCUT2D eigenvalue weighted by molar-refractivity contribution is 0.0665. The molecule has 1 unspecified atom stereocenters. The van der Waals surface area contributed by atoms with Crippen LogP contribution >= 0.6 is 0 Å². The second kappa shape index (κ2) is 7.73. The highest BCUT2D eigenvalue weighted by molar-refractivity contribution is 5.92. The standard InChI is InChI=1S/C20H24N6O/c1-2-25-12-10-18(23-25)20(27)24-11-6-7-16(14-24)13-19-22-21-15-26(19)17-8-4-3-5-9-17/h3-5,8-10,12,15-16H,2,6-7,11,13-14H2,1H3. The first kappa shape index (κ1) is 17.5. The van der Waals surface area contributed by atoms with E-state index >= 15 is 0 Å². The molecule has 0 spiro atoms. The number of aromatic nitrogens is 5. The smallest absolute Gasteiger partial charge is 0.274 e. The molecule has 27 heavy (non-hydrogen) atoms. The van der Waals surface area contributed by atoms with Crippen LogP contribution in [0.2, 0.25) is 0 Å². The highest BCUT2D eigenvalue weighted by Gasteiger charge is 2.27. The molecular weight excluding hydrogens is 340 g/mol. The molecule has 1 aliphatic heterocycles. The molecule has 1 atom stereocenters. The van der Waals surface area contributed by atoms with E-state index in [1.807, 2.05) is 59.0 Å². The zero-order chi connectivity index (χ0) is 18.6. The van der Waals surface area contributed by atoms with Crippen LogP contribution in [-0.4, -0.2) is 48.4 Å². The number of carbonyl (C=O) groups is 1. The van der Waals surface area contributed by atoms with Crippen molar-refractivity contribution in [1.29, 1.82) is 0 Å². The van der Waals surface area contributed by atoms with Crippen LogP contribution in [0.25, 0.3) is 5.69 Å². The molecular formula is C20H24N6O. The van der Waals surface area contributed by atoms with Crippen molar-refractivity contribution in [3.8, 4) is 5.69 Å². The van der Waals surface area contributed by atoms with E-state index in [0.29, 0.717) is 11.6 Å². The van der Waals surface area contributed by atoms with Crippen LogP contribution in [0, 0.1) is 5.92 Å². The fourth-order valence-electron chi connectivity index (χ4n) is 3.69. The second-order valence-corrected chi connectivity index (χ2v) is 6.97. The predicted octanol–water partition coefficient (Wildman–Crippen LogP) is 2.58. The van der Waals surface area contributed by atoms with Gasteiger partial charge in [0.2, 0.25) is 0 Å². The van der Waals surface area contributed by atoms with Gasteiger partial charge in [-0.2, -0.15) is 5.10 Å². The zero-order valence-corrected chi connectivity index (χ0v) is 15.5. The second-order valence-electron chi connectivity index (χ2n) is 6.97. The quantitative estimate of drug-likeness (QED) is 0.698.